The first-order chi connectivity index (χ1) is 9.82. The molecular weight excluding hydrogens is 288 g/mol. The van der Waals surface area contributed by atoms with Crippen LogP contribution in [0.5, 0.6) is 0 Å². The minimum Gasteiger partial charge on any atom is -0.338 e. The van der Waals surface area contributed by atoms with Crippen LogP contribution in [0.25, 0.3) is 0 Å². The highest BCUT2D eigenvalue weighted by Crippen LogP contribution is 2.23. The van der Waals surface area contributed by atoms with Crippen molar-refractivity contribution in [1.29, 1.82) is 0 Å². The summed E-state index contributed by atoms with van der Waals surface area (Å²) in [4.78, 5) is 14.5. The van der Waals surface area contributed by atoms with Gasteiger partial charge in [0, 0.05) is 24.9 Å². The molecule has 0 saturated carbocycles. The summed E-state index contributed by atoms with van der Waals surface area (Å²) in [6, 6.07) is 6.12. The second-order valence-corrected chi connectivity index (χ2v) is 7.83. The molecule has 2 rings (SSSR count). The summed E-state index contributed by atoms with van der Waals surface area (Å²) >= 11 is 0. The van der Waals surface area contributed by atoms with Crippen LogP contribution in [0, 0.1) is 11.8 Å². The first kappa shape index (κ1) is 16.0. The Balaban J connectivity index is 2.13. The van der Waals surface area contributed by atoms with Gasteiger partial charge >= 0.3 is 0 Å². The predicted molar refractivity (Wildman–Crippen MR) is 81.8 cm³/mol. The molecule has 1 saturated heterocycles. The van der Waals surface area contributed by atoms with Crippen molar-refractivity contribution in [3.8, 4) is 0 Å². The standard InChI is InChI=1S/C15H22N2O3S/c1-11-7-8-17(10-13(11)9-16)15(18)12-3-5-14(6-4-12)21(2,19)20/h3-6,11,13H,7-10,16H2,1-2H3. The van der Waals surface area contributed by atoms with Gasteiger partial charge in [0.1, 0.15) is 0 Å². The highest BCUT2D eigenvalue weighted by molar-refractivity contribution is 7.90. The molecule has 1 aliphatic rings. The zero-order chi connectivity index (χ0) is 15.6. The monoisotopic (exact) mass is 310 g/mol. The quantitative estimate of drug-likeness (QED) is 0.908. The lowest BCUT2D eigenvalue weighted by Gasteiger charge is -2.36. The molecule has 1 aliphatic heterocycles. The second-order valence-electron chi connectivity index (χ2n) is 5.81. The maximum absolute atomic E-state index is 12.5. The van der Waals surface area contributed by atoms with Gasteiger partial charge in [-0.05, 0) is 49.1 Å². The number of nitrogens with zero attached hydrogens (tertiary/aromatic N) is 1. The van der Waals surface area contributed by atoms with Crippen molar-refractivity contribution < 1.29 is 13.2 Å². The third-order valence-electron chi connectivity index (χ3n) is 4.23. The zero-order valence-corrected chi connectivity index (χ0v) is 13.3. The van der Waals surface area contributed by atoms with E-state index >= 15 is 0 Å². The van der Waals surface area contributed by atoms with Crippen LogP contribution in [-0.2, 0) is 9.84 Å². The zero-order valence-electron chi connectivity index (χ0n) is 12.5. The van der Waals surface area contributed by atoms with Gasteiger partial charge in [-0.1, -0.05) is 6.92 Å². The number of carbonyl (C=O) groups is 1. The molecular formula is C15H22N2O3S. The van der Waals surface area contributed by atoms with E-state index in [1.54, 1.807) is 12.1 Å². The number of carbonyl (C=O) groups excluding carboxylic acids is 1. The molecule has 1 amide bonds. The smallest absolute Gasteiger partial charge is 0.253 e. The Hall–Kier alpha value is -1.40. The molecule has 116 valence electrons. The Morgan fingerprint density at radius 3 is 2.48 bits per heavy atom. The molecule has 21 heavy (non-hydrogen) atoms. The SMILES string of the molecule is CC1CCN(C(=O)c2ccc(S(C)(=O)=O)cc2)CC1CN. The molecule has 2 N–H and O–H groups in total. The summed E-state index contributed by atoms with van der Waals surface area (Å²) in [6.45, 7) is 4.15. The van der Waals surface area contributed by atoms with E-state index in [4.69, 9.17) is 5.73 Å². The van der Waals surface area contributed by atoms with Crippen LogP contribution in [0.1, 0.15) is 23.7 Å². The highest BCUT2D eigenvalue weighted by Gasteiger charge is 2.28. The van der Waals surface area contributed by atoms with Gasteiger partial charge in [0.15, 0.2) is 9.84 Å². The summed E-state index contributed by atoms with van der Waals surface area (Å²) in [5.74, 6) is 0.810. The molecule has 2 atom stereocenters. The molecule has 5 nitrogen and oxygen atoms in total. The molecule has 1 aromatic rings. The lowest BCUT2D eigenvalue weighted by atomic mass is 9.87. The summed E-state index contributed by atoms with van der Waals surface area (Å²) < 4.78 is 22.8. The van der Waals surface area contributed by atoms with Crippen LogP contribution in [-0.4, -0.2) is 45.1 Å². The first-order valence-electron chi connectivity index (χ1n) is 7.12. The fourth-order valence-corrected chi connectivity index (χ4v) is 3.30. The number of rotatable bonds is 3. The van der Waals surface area contributed by atoms with Gasteiger partial charge in [-0.15, -0.1) is 0 Å². The Labute approximate surface area is 126 Å². The molecule has 1 fully saturated rings. The Bertz CT molecular complexity index is 610. The topological polar surface area (TPSA) is 80.5 Å². The largest absolute Gasteiger partial charge is 0.338 e. The maximum atomic E-state index is 12.5. The average molecular weight is 310 g/mol. The van der Waals surface area contributed by atoms with Crippen molar-refractivity contribution in [2.75, 3.05) is 25.9 Å². The molecule has 6 heteroatoms. The lowest BCUT2D eigenvalue weighted by molar-refractivity contribution is 0.0618. The molecule has 1 aromatic carbocycles. The third kappa shape index (κ3) is 3.63. The summed E-state index contributed by atoms with van der Waals surface area (Å²) in [5.41, 5.74) is 6.28. The maximum Gasteiger partial charge on any atom is 0.253 e. The van der Waals surface area contributed by atoms with Crippen LogP contribution in [0.3, 0.4) is 0 Å². The number of sulfone groups is 1. The van der Waals surface area contributed by atoms with E-state index < -0.39 is 9.84 Å². The van der Waals surface area contributed by atoms with Crippen molar-refractivity contribution >= 4 is 15.7 Å². The molecule has 2 unspecified atom stereocenters. The summed E-state index contributed by atoms with van der Waals surface area (Å²) in [6.07, 6.45) is 2.11. The van der Waals surface area contributed by atoms with Gasteiger partial charge in [0.25, 0.3) is 5.91 Å². The molecule has 0 radical (unpaired) electrons. The molecule has 0 bridgehead atoms. The van der Waals surface area contributed by atoms with Crippen LogP contribution in [0.15, 0.2) is 29.2 Å². The minimum atomic E-state index is -3.23. The second kappa shape index (κ2) is 6.15. The van der Waals surface area contributed by atoms with Crippen molar-refractivity contribution in [3.63, 3.8) is 0 Å². The van der Waals surface area contributed by atoms with E-state index in [0.29, 0.717) is 30.5 Å². The fraction of sp³-hybridized carbons (Fsp3) is 0.533. The Kier molecular flexibility index (Phi) is 4.68. The van der Waals surface area contributed by atoms with E-state index in [2.05, 4.69) is 6.92 Å². The van der Waals surface area contributed by atoms with Gasteiger partial charge in [0.05, 0.1) is 4.90 Å². The fourth-order valence-electron chi connectivity index (χ4n) is 2.67. The number of piperidine rings is 1. The van der Waals surface area contributed by atoms with E-state index in [-0.39, 0.29) is 10.8 Å². The molecule has 0 aromatic heterocycles. The van der Waals surface area contributed by atoms with E-state index in [1.165, 1.54) is 12.1 Å². The van der Waals surface area contributed by atoms with E-state index in [1.807, 2.05) is 4.90 Å². The van der Waals surface area contributed by atoms with Crippen molar-refractivity contribution in [3.05, 3.63) is 29.8 Å². The van der Waals surface area contributed by atoms with E-state index in [0.717, 1.165) is 19.2 Å². The van der Waals surface area contributed by atoms with Crippen LogP contribution < -0.4 is 5.73 Å². The van der Waals surface area contributed by atoms with Crippen LogP contribution in [0.2, 0.25) is 0 Å². The molecule has 0 spiro atoms. The van der Waals surface area contributed by atoms with Gasteiger partial charge in [0.2, 0.25) is 0 Å². The number of hydrogen-bond donors (Lipinski definition) is 1. The van der Waals surface area contributed by atoms with Gasteiger partial charge in [-0.2, -0.15) is 0 Å². The van der Waals surface area contributed by atoms with Crippen molar-refractivity contribution in [2.24, 2.45) is 17.6 Å². The predicted octanol–water partition coefficient (Wildman–Crippen LogP) is 1.15. The molecule has 1 heterocycles. The first-order valence-corrected chi connectivity index (χ1v) is 9.01. The minimum absolute atomic E-state index is 0.0552. The van der Waals surface area contributed by atoms with Gasteiger partial charge < -0.3 is 10.6 Å². The van der Waals surface area contributed by atoms with Gasteiger partial charge in [-0.3, -0.25) is 4.79 Å². The number of amides is 1. The van der Waals surface area contributed by atoms with E-state index in [9.17, 15) is 13.2 Å². The number of benzene rings is 1. The highest BCUT2D eigenvalue weighted by atomic mass is 32.2. The lowest BCUT2D eigenvalue weighted by Crippen LogP contribution is -2.45. The Morgan fingerprint density at radius 2 is 1.95 bits per heavy atom. The number of hydrogen-bond acceptors (Lipinski definition) is 4. The Morgan fingerprint density at radius 1 is 1.33 bits per heavy atom. The average Bonchev–Trinajstić information content (AvgIpc) is 2.46. The molecule has 0 aliphatic carbocycles. The summed E-state index contributed by atoms with van der Waals surface area (Å²) in [5, 5.41) is 0. The van der Waals surface area contributed by atoms with Crippen molar-refractivity contribution in [2.45, 2.75) is 18.2 Å². The van der Waals surface area contributed by atoms with Crippen LogP contribution >= 0.6 is 0 Å². The third-order valence-corrected chi connectivity index (χ3v) is 5.36. The van der Waals surface area contributed by atoms with Gasteiger partial charge in [-0.25, -0.2) is 8.42 Å². The summed E-state index contributed by atoms with van der Waals surface area (Å²) in [7, 11) is -3.23. The number of likely N-dealkylation sites (tertiary alicyclic amines) is 1. The van der Waals surface area contributed by atoms with Crippen molar-refractivity contribution in [1.82, 2.24) is 4.90 Å². The number of nitrogens with two attached hydrogens (primary N) is 1. The normalized spacial score (nSPS) is 23.1. The van der Waals surface area contributed by atoms with Crippen LogP contribution in [0.4, 0.5) is 0 Å².